The number of rotatable bonds is 5. The van der Waals surface area contributed by atoms with Crippen LogP contribution < -0.4 is 5.32 Å². The summed E-state index contributed by atoms with van der Waals surface area (Å²) in [6, 6.07) is -0.0401. The summed E-state index contributed by atoms with van der Waals surface area (Å²) in [5, 5.41) is 11.1. The van der Waals surface area contributed by atoms with E-state index in [9.17, 15) is 4.79 Å². The molecule has 134 valence electrons. The zero-order valence-electron chi connectivity index (χ0n) is 14.3. The van der Waals surface area contributed by atoms with Crippen LogP contribution in [0.2, 0.25) is 0 Å². The van der Waals surface area contributed by atoms with Gasteiger partial charge in [0, 0.05) is 26.2 Å². The molecule has 0 unspecified atom stereocenters. The minimum absolute atomic E-state index is 0.0401. The third-order valence-electron chi connectivity index (χ3n) is 4.64. The van der Waals surface area contributed by atoms with Crippen molar-refractivity contribution in [2.24, 2.45) is 0 Å². The molecule has 2 aliphatic heterocycles. The second-order valence-electron chi connectivity index (χ2n) is 6.29. The van der Waals surface area contributed by atoms with E-state index in [2.05, 4.69) is 15.5 Å². The number of ether oxygens (including phenoxy) is 2. The highest BCUT2D eigenvalue weighted by atomic mass is 16.5. The molecule has 8 nitrogen and oxygen atoms in total. The molecule has 2 fully saturated rings. The Balaban J connectivity index is 1.46. The van der Waals surface area contributed by atoms with Crippen LogP contribution in [0, 0.1) is 0 Å². The molecule has 2 saturated heterocycles. The van der Waals surface area contributed by atoms with Crippen molar-refractivity contribution in [3.8, 4) is 0 Å². The Kier molecular flexibility index (Phi) is 6.03. The molecule has 0 bridgehead atoms. The van der Waals surface area contributed by atoms with Gasteiger partial charge < -0.3 is 24.3 Å². The first-order chi connectivity index (χ1) is 11.8. The summed E-state index contributed by atoms with van der Waals surface area (Å²) in [6.45, 7) is 5.94. The van der Waals surface area contributed by atoms with Crippen LogP contribution >= 0.6 is 0 Å². The fraction of sp³-hybridized carbons (Fsp3) is 0.812. The fourth-order valence-electron chi connectivity index (χ4n) is 3.23. The predicted octanol–water partition coefficient (Wildman–Crippen LogP) is 1.34. The number of amides is 2. The zero-order chi connectivity index (χ0) is 16.8. The van der Waals surface area contributed by atoms with Gasteiger partial charge in [0.15, 0.2) is 5.82 Å². The molecule has 2 amide bonds. The Hall–Kier alpha value is -1.67. The highest BCUT2D eigenvalue weighted by Crippen LogP contribution is 2.20. The smallest absolute Gasteiger partial charge is 0.317 e. The van der Waals surface area contributed by atoms with E-state index < -0.39 is 0 Å². The van der Waals surface area contributed by atoms with Gasteiger partial charge in [0.25, 0.3) is 0 Å². The molecular weight excluding hydrogens is 310 g/mol. The second kappa shape index (κ2) is 8.43. The first-order valence-electron chi connectivity index (χ1n) is 8.91. The van der Waals surface area contributed by atoms with Crippen molar-refractivity contribution in [1.82, 2.24) is 25.0 Å². The molecule has 1 aromatic heterocycles. The van der Waals surface area contributed by atoms with Crippen molar-refractivity contribution < 1.29 is 14.3 Å². The van der Waals surface area contributed by atoms with E-state index in [1.54, 1.807) is 11.2 Å². The van der Waals surface area contributed by atoms with E-state index in [0.717, 1.165) is 38.2 Å². The van der Waals surface area contributed by atoms with Crippen molar-refractivity contribution in [1.29, 1.82) is 0 Å². The lowest BCUT2D eigenvalue weighted by Gasteiger charge is -2.32. The van der Waals surface area contributed by atoms with E-state index in [1.807, 2.05) is 11.5 Å². The SMILES string of the molecule is CCn1cnnc1[C@@H]1CN(C(=O)NCC[C@H]2CCCCO2)CCO1. The van der Waals surface area contributed by atoms with E-state index in [1.165, 1.54) is 6.42 Å². The molecular formula is C16H27N5O3. The average Bonchev–Trinajstić information content (AvgIpc) is 3.11. The predicted molar refractivity (Wildman–Crippen MR) is 87.6 cm³/mol. The van der Waals surface area contributed by atoms with Crippen LogP contribution in [-0.2, 0) is 16.0 Å². The van der Waals surface area contributed by atoms with Crippen molar-refractivity contribution >= 4 is 6.03 Å². The molecule has 3 rings (SSSR count). The lowest BCUT2D eigenvalue weighted by Crippen LogP contribution is -2.48. The molecule has 0 spiro atoms. The van der Waals surface area contributed by atoms with Crippen LogP contribution in [0.15, 0.2) is 6.33 Å². The summed E-state index contributed by atoms with van der Waals surface area (Å²) < 4.78 is 13.4. The van der Waals surface area contributed by atoms with Crippen molar-refractivity contribution in [2.45, 2.75) is 51.4 Å². The van der Waals surface area contributed by atoms with E-state index in [-0.39, 0.29) is 12.1 Å². The first-order valence-corrected chi connectivity index (χ1v) is 8.91. The Morgan fingerprint density at radius 3 is 3.08 bits per heavy atom. The number of hydrogen-bond acceptors (Lipinski definition) is 5. The lowest BCUT2D eigenvalue weighted by atomic mass is 10.1. The molecule has 2 aliphatic rings. The van der Waals surface area contributed by atoms with E-state index in [4.69, 9.17) is 9.47 Å². The highest BCUT2D eigenvalue weighted by molar-refractivity contribution is 5.74. The van der Waals surface area contributed by atoms with Gasteiger partial charge in [0.1, 0.15) is 12.4 Å². The molecule has 2 atom stereocenters. The Morgan fingerprint density at radius 1 is 1.38 bits per heavy atom. The van der Waals surface area contributed by atoms with Crippen LogP contribution in [-0.4, -0.2) is 64.6 Å². The number of morpholine rings is 1. The third-order valence-corrected chi connectivity index (χ3v) is 4.64. The molecule has 1 N–H and O–H groups in total. The van der Waals surface area contributed by atoms with Gasteiger partial charge in [-0.15, -0.1) is 10.2 Å². The topological polar surface area (TPSA) is 81.5 Å². The van der Waals surface area contributed by atoms with Crippen LogP contribution in [0.5, 0.6) is 0 Å². The molecule has 0 radical (unpaired) electrons. The number of aromatic nitrogens is 3. The first kappa shape index (κ1) is 17.2. The van der Waals surface area contributed by atoms with Crippen LogP contribution in [0.4, 0.5) is 4.79 Å². The molecule has 0 saturated carbocycles. The van der Waals surface area contributed by atoms with Crippen molar-refractivity contribution in [3.05, 3.63) is 12.2 Å². The van der Waals surface area contributed by atoms with Crippen LogP contribution in [0.25, 0.3) is 0 Å². The second-order valence-corrected chi connectivity index (χ2v) is 6.29. The van der Waals surface area contributed by atoms with Crippen LogP contribution in [0.1, 0.15) is 44.5 Å². The fourth-order valence-corrected chi connectivity index (χ4v) is 3.23. The maximum Gasteiger partial charge on any atom is 0.317 e. The Morgan fingerprint density at radius 2 is 2.29 bits per heavy atom. The molecule has 3 heterocycles. The Bertz CT molecular complexity index is 530. The normalized spacial score (nSPS) is 24.8. The molecule has 24 heavy (non-hydrogen) atoms. The summed E-state index contributed by atoms with van der Waals surface area (Å²) in [7, 11) is 0. The summed E-state index contributed by atoms with van der Waals surface area (Å²) >= 11 is 0. The minimum atomic E-state index is -0.214. The Labute approximate surface area is 142 Å². The van der Waals surface area contributed by atoms with Crippen LogP contribution in [0.3, 0.4) is 0 Å². The monoisotopic (exact) mass is 337 g/mol. The summed E-state index contributed by atoms with van der Waals surface area (Å²) in [5.74, 6) is 0.783. The van der Waals surface area contributed by atoms with Gasteiger partial charge in [-0.3, -0.25) is 0 Å². The maximum absolute atomic E-state index is 12.4. The number of hydrogen-bond donors (Lipinski definition) is 1. The number of nitrogens with zero attached hydrogens (tertiary/aromatic N) is 4. The minimum Gasteiger partial charge on any atom is -0.378 e. The molecule has 0 aromatic carbocycles. The lowest BCUT2D eigenvalue weighted by molar-refractivity contribution is -0.0221. The van der Waals surface area contributed by atoms with Gasteiger partial charge in [-0.2, -0.15) is 0 Å². The van der Waals surface area contributed by atoms with E-state index in [0.29, 0.717) is 32.3 Å². The number of carbonyl (C=O) groups excluding carboxylic acids is 1. The maximum atomic E-state index is 12.4. The number of carbonyl (C=O) groups is 1. The molecule has 1 aromatic rings. The molecule has 8 heteroatoms. The summed E-state index contributed by atoms with van der Waals surface area (Å²) in [4.78, 5) is 14.2. The van der Waals surface area contributed by atoms with Gasteiger partial charge in [0.2, 0.25) is 0 Å². The van der Waals surface area contributed by atoms with Crippen molar-refractivity contribution in [3.63, 3.8) is 0 Å². The summed E-state index contributed by atoms with van der Waals surface area (Å²) in [5.41, 5.74) is 0. The van der Waals surface area contributed by atoms with Gasteiger partial charge in [-0.05, 0) is 32.6 Å². The number of nitrogens with one attached hydrogen (secondary N) is 1. The third kappa shape index (κ3) is 4.24. The van der Waals surface area contributed by atoms with Gasteiger partial charge in [0.05, 0.1) is 19.3 Å². The quantitative estimate of drug-likeness (QED) is 0.877. The van der Waals surface area contributed by atoms with Crippen molar-refractivity contribution in [2.75, 3.05) is 32.8 Å². The van der Waals surface area contributed by atoms with Gasteiger partial charge >= 0.3 is 6.03 Å². The average molecular weight is 337 g/mol. The van der Waals surface area contributed by atoms with Gasteiger partial charge in [-0.1, -0.05) is 0 Å². The standard InChI is InChI=1S/C16H27N5O3/c1-2-20-12-18-19-15(20)14-11-21(8-10-24-14)16(22)17-7-6-13-5-3-4-9-23-13/h12-14H,2-11H2,1H3,(H,17,22)/t13-,14+/m1/s1. The molecule has 0 aliphatic carbocycles. The highest BCUT2D eigenvalue weighted by Gasteiger charge is 2.28. The number of aryl methyl sites for hydroxylation is 1. The van der Waals surface area contributed by atoms with Gasteiger partial charge in [-0.25, -0.2) is 4.79 Å². The largest absolute Gasteiger partial charge is 0.378 e. The zero-order valence-corrected chi connectivity index (χ0v) is 14.3. The van der Waals surface area contributed by atoms with E-state index >= 15 is 0 Å². The number of urea groups is 1. The summed E-state index contributed by atoms with van der Waals surface area (Å²) in [6.07, 6.45) is 6.13.